The van der Waals surface area contributed by atoms with E-state index in [1.165, 1.54) is 4.90 Å². The quantitative estimate of drug-likeness (QED) is 0.349. The number of aliphatic hydroxyl groups excluding tert-OH is 1. The van der Waals surface area contributed by atoms with Gasteiger partial charge < -0.3 is 29.3 Å². The van der Waals surface area contributed by atoms with Crippen LogP contribution in [-0.2, 0) is 25.8 Å². The number of hydrogen-bond acceptors (Lipinski definition) is 8. The molecule has 2 fully saturated rings. The Kier molecular flexibility index (Phi) is 8.11. The van der Waals surface area contributed by atoms with Crippen molar-refractivity contribution in [1.29, 1.82) is 0 Å². The fraction of sp³-hybridized carbons (Fsp3) is 0.472. The molecule has 12 nitrogen and oxygen atoms in total. The Hall–Kier alpha value is -4.55. The second-order valence-electron chi connectivity index (χ2n) is 13.7. The Morgan fingerprint density at radius 1 is 0.979 bits per heavy atom. The molecule has 48 heavy (non-hydrogen) atoms. The molecule has 6 atom stereocenters. The average molecular weight is 655 g/mol. The van der Waals surface area contributed by atoms with E-state index in [1.807, 2.05) is 101 Å². The molecule has 1 spiro atoms. The lowest BCUT2D eigenvalue weighted by atomic mass is 9.74. The van der Waals surface area contributed by atoms with Crippen LogP contribution in [0.25, 0.3) is 11.0 Å². The third-order valence-electron chi connectivity index (χ3n) is 10.1. The van der Waals surface area contributed by atoms with E-state index in [2.05, 4.69) is 10.3 Å². The maximum Gasteiger partial charge on any atom is 0.250 e. The molecule has 12 heteroatoms. The minimum Gasteiger partial charge on any atom is -0.494 e. The molecule has 2 saturated heterocycles. The van der Waals surface area contributed by atoms with E-state index in [0.717, 1.165) is 5.52 Å². The van der Waals surface area contributed by atoms with Gasteiger partial charge in [-0.2, -0.15) is 0 Å². The molecule has 3 amide bonds. The number of likely N-dealkylation sites (tertiary alicyclic amines) is 1. The van der Waals surface area contributed by atoms with Gasteiger partial charge in [-0.3, -0.25) is 14.4 Å². The van der Waals surface area contributed by atoms with E-state index in [0.29, 0.717) is 36.5 Å². The van der Waals surface area contributed by atoms with E-state index < -0.39 is 35.1 Å². The summed E-state index contributed by atoms with van der Waals surface area (Å²) in [5.41, 5.74) is -0.467. The molecule has 1 aromatic heterocycles. The van der Waals surface area contributed by atoms with Crippen LogP contribution in [0.4, 0.5) is 5.69 Å². The van der Waals surface area contributed by atoms with Gasteiger partial charge in [-0.1, -0.05) is 55.5 Å². The number of rotatable bonds is 9. The Bertz CT molecular complexity index is 1790. The first kappa shape index (κ1) is 32.0. The average Bonchev–Trinajstić information content (AvgIpc) is 3.60. The van der Waals surface area contributed by atoms with E-state index in [1.54, 1.807) is 14.5 Å². The van der Waals surface area contributed by atoms with Crippen LogP contribution in [0.3, 0.4) is 0 Å². The van der Waals surface area contributed by atoms with Crippen molar-refractivity contribution in [3.8, 4) is 5.75 Å². The summed E-state index contributed by atoms with van der Waals surface area (Å²) in [6, 6.07) is 13.1. The van der Waals surface area contributed by atoms with Crippen molar-refractivity contribution in [3.05, 3.63) is 72.8 Å². The number of hydrogen-bond donors (Lipinski definition) is 1. The monoisotopic (exact) mass is 654 g/mol. The first-order valence-corrected chi connectivity index (χ1v) is 16.7. The first-order chi connectivity index (χ1) is 23.1. The lowest BCUT2D eigenvalue weighted by molar-refractivity contribution is -0.155. The standard InChI is InChI=1S/C36H42N6O6/c1-5-47-26-14-12-24(13-15-26)40-19-8-16-35(4)29(32(40)44)30-33(45)42(25(21-43)20-23(2)3)31-34(46)39(18-9-17-36(30,31)48-35)22-41-28-11-7-6-10-27(28)37-38-41/h6-17,23,25,29-31,43H,5,18-22H2,1-4H3/t25-,29-,30+,31?,35+,36+/m1/s1. The van der Waals surface area contributed by atoms with Crippen LogP contribution in [0, 0.1) is 17.8 Å². The summed E-state index contributed by atoms with van der Waals surface area (Å²) in [5.74, 6) is -2.06. The Balaban J connectivity index is 1.30. The predicted molar refractivity (Wildman–Crippen MR) is 178 cm³/mol. The number of benzene rings is 2. The summed E-state index contributed by atoms with van der Waals surface area (Å²) < 4.78 is 14.3. The first-order valence-electron chi connectivity index (χ1n) is 16.7. The van der Waals surface area contributed by atoms with Gasteiger partial charge in [0.1, 0.15) is 29.6 Å². The molecule has 1 N–H and O–H groups in total. The fourth-order valence-electron chi connectivity index (χ4n) is 8.15. The second kappa shape index (κ2) is 12.2. The van der Waals surface area contributed by atoms with E-state index >= 15 is 0 Å². The summed E-state index contributed by atoms with van der Waals surface area (Å²) in [4.78, 5) is 49.3. The number of anilines is 1. The highest BCUT2D eigenvalue weighted by Gasteiger charge is 2.75. The molecular formula is C36H42N6O6. The number of ether oxygens (including phenoxy) is 2. The minimum atomic E-state index is -1.45. The maximum absolute atomic E-state index is 14.9. The maximum atomic E-state index is 14.9. The highest BCUT2D eigenvalue weighted by molar-refractivity contribution is 6.04. The zero-order valence-corrected chi connectivity index (χ0v) is 27.7. The third-order valence-corrected chi connectivity index (χ3v) is 10.1. The molecule has 0 aliphatic carbocycles. The molecule has 252 valence electrons. The zero-order valence-electron chi connectivity index (χ0n) is 27.7. The number of aromatic nitrogens is 3. The van der Waals surface area contributed by atoms with Gasteiger partial charge in [-0.15, -0.1) is 5.10 Å². The summed E-state index contributed by atoms with van der Waals surface area (Å²) in [5, 5.41) is 19.2. The second-order valence-corrected chi connectivity index (χ2v) is 13.7. The van der Waals surface area contributed by atoms with Crippen LogP contribution >= 0.6 is 0 Å². The largest absolute Gasteiger partial charge is 0.494 e. The molecule has 4 aliphatic rings. The smallest absolute Gasteiger partial charge is 0.250 e. The predicted octanol–water partition coefficient (Wildman–Crippen LogP) is 3.17. The summed E-state index contributed by atoms with van der Waals surface area (Å²) in [6.07, 6.45) is 7.91. The molecule has 0 radical (unpaired) electrons. The van der Waals surface area contributed by atoms with Crippen molar-refractivity contribution in [2.24, 2.45) is 17.8 Å². The highest BCUT2D eigenvalue weighted by Crippen LogP contribution is 2.58. The van der Waals surface area contributed by atoms with Gasteiger partial charge in [-0.25, -0.2) is 4.68 Å². The molecule has 3 aromatic rings. The van der Waals surface area contributed by atoms with Crippen molar-refractivity contribution in [1.82, 2.24) is 24.8 Å². The minimum absolute atomic E-state index is 0.0992. The summed E-state index contributed by atoms with van der Waals surface area (Å²) >= 11 is 0. The number of amides is 3. The van der Waals surface area contributed by atoms with Gasteiger partial charge in [-0.05, 0) is 62.6 Å². The molecule has 2 aromatic carbocycles. The van der Waals surface area contributed by atoms with E-state index in [-0.39, 0.29) is 43.5 Å². The lowest BCUT2D eigenvalue weighted by Gasteiger charge is -2.40. The van der Waals surface area contributed by atoms with Crippen LogP contribution in [-0.4, -0.2) is 97.2 Å². The molecular weight excluding hydrogens is 612 g/mol. The van der Waals surface area contributed by atoms with Gasteiger partial charge in [0.2, 0.25) is 11.8 Å². The Labute approximate surface area is 279 Å². The molecule has 4 aliphatic heterocycles. The van der Waals surface area contributed by atoms with Gasteiger partial charge in [0.25, 0.3) is 5.91 Å². The molecule has 0 bridgehead atoms. The number of carbonyl (C=O) groups is 3. The van der Waals surface area contributed by atoms with Crippen LogP contribution in [0.15, 0.2) is 72.8 Å². The molecule has 7 rings (SSSR count). The van der Waals surface area contributed by atoms with Gasteiger partial charge in [0.15, 0.2) is 0 Å². The third kappa shape index (κ3) is 5.00. The van der Waals surface area contributed by atoms with Crippen LogP contribution in [0.2, 0.25) is 0 Å². The van der Waals surface area contributed by atoms with Crippen LogP contribution in [0.5, 0.6) is 5.75 Å². The van der Waals surface area contributed by atoms with Gasteiger partial charge in [0, 0.05) is 18.8 Å². The van der Waals surface area contributed by atoms with Crippen molar-refractivity contribution in [2.45, 2.75) is 64.1 Å². The Morgan fingerprint density at radius 2 is 1.73 bits per heavy atom. The van der Waals surface area contributed by atoms with Crippen LogP contribution in [0.1, 0.15) is 34.1 Å². The van der Waals surface area contributed by atoms with Crippen LogP contribution < -0.4 is 9.64 Å². The normalized spacial score (nSPS) is 28.9. The van der Waals surface area contributed by atoms with E-state index in [9.17, 15) is 19.5 Å². The van der Waals surface area contributed by atoms with Crippen molar-refractivity contribution >= 4 is 34.4 Å². The summed E-state index contributed by atoms with van der Waals surface area (Å²) in [7, 11) is 0. The lowest BCUT2D eigenvalue weighted by Crippen LogP contribution is -2.59. The number of nitrogens with zero attached hydrogens (tertiary/aromatic N) is 6. The van der Waals surface area contributed by atoms with E-state index in [4.69, 9.17) is 9.47 Å². The van der Waals surface area contributed by atoms with Gasteiger partial charge >= 0.3 is 0 Å². The number of aliphatic hydroxyl groups is 1. The number of fused-ring (bicyclic) bond motifs is 3. The SMILES string of the molecule is CCOc1ccc(N2CC=C[C@]3(C)O[C@]45C=CCN(Cn6nnc7ccccc76)C(=O)C4N([C@@H](CO)CC(C)C)C(=O)[C@@H]5[C@@H]3C2=O)cc1. The van der Waals surface area contributed by atoms with Crippen molar-refractivity contribution in [3.63, 3.8) is 0 Å². The molecule has 0 saturated carbocycles. The topological polar surface area (TPSA) is 130 Å². The fourth-order valence-corrected chi connectivity index (χ4v) is 8.15. The molecule has 1 unspecified atom stereocenters. The number of carbonyl (C=O) groups excluding carboxylic acids is 3. The highest BCUT2D eigenvalue weighted by atomic mass is 16.5. The van der Waals surface area contributed by atoms with Crippen molar-refractivity contribution < 1.29 is 29.0 Å². The summed E-state index contributed by atoms with van der Waals surface area (Å²) in [6.45, 7) is 8.59. The van der Waals surface area contributed by atoms with Gasteiger partial charge in [0.05, 0.1) is 42.2 Å². The molecule has 5 heterocycles. The van der Waals surface area contributed by atoms with Crippen molar-refractivity contribution in [2.75, 3.05) is 31.2 Å². The Morgan fingerprint density at radius 3 is 2.46 bits per heavy atom. The zero-order chi connectivity index (χ0) is 33.8. The number of para-hydroxylation sites is 1.